The van der Waals surface area contributed by atoms with Gasteiger partial charge in [-0.25, -0.2) is 0 Å². The molecule has 0 atom stereocenters. The molecule has 1 N–H and O–H groups in total. The van der Waals surface area contributed by atoms with Crippen molar-refractivity contribution in [1.82, 2.24) is 5.32 Å². The summed E-state index contributed by atoms with van der Waals surface area (Å²) in [4.78, 5) is 0. The molecule has 2 aromatic rings. The molecule has 0 aliphatic carbocycles. The summed E-state index contributed by atoms with van der Waals surface area (Å²) in [6.07, 6.45) is 3.14. The molecule has 0 saturated heterocycles. The van der Waals surface area contributed by atoms with Crippen molar-refractivity contribution >= 4 is 0 Å². The molecule has 2 aromatic carbocycles. The van der Waals surface area contributed by atoms with E-state index in [0.29, 0.717) is 19.4 Å². The summed E-state index contributed by atoms with van der Waals surface area (Å²) < 4.78 is 0. The van der Waals surface area contributed by atoms with Gasteiger partial charge in [0.25, 0.3) is 0 Å². The lowest BCUT2D eigenvalue weighted by molar-refractivity contribution is 0.425. The molecule has 2 rings (SSSR count). The molecule has 0 aliphatic heterocycles. The number of hydrogen-bond acceptors (Lipinski definition) is 2. The minimum atomic E-state index is -0.614. The molecule has 2 heteroatoms. The van der Waals surface area contributed by atoms with Crippen molar-refractivity contribution < 1.29 is 0 Å². The van der Waals surface area contributed by atoms with E-state index in [1.54, 1.807) is 6.08 Å². The second-order valence-electron chi connectivity index (χ2n) is 5.19. The molecule has 106 valence electrons. The maximum atomic E-state index is 9.78. The van der Waals surface area contributed by atoms with Crippen LogP contribution < -0.4 is 5.32 Å². The molecule has 0 fully saturated rings. The first-order chi connectivity index (χ1) is 10.3. The van der Waals surface area contributed by atoms with Gasteiger partial charge in [-0.2, -0.15) is 5.26 Å². The van der Waals surface area contributed by atoms with Crippen molar-refractivity contribution in [2.45, 2.75) is 18.4 Å². The zero-order valence-corrected chi connectivity index (χ0v) is 12.1. The van der Waals surface area contributed by atoms with Gasteiger partial charge in [0.1, 0.15) is 5.54 Å². The molecule has 0 radical (unpaired) electrons. The third-order valence-electron chi connectivity index (χ3n) is 3.50. The van der Waals surface area contributed by atoms with Gasteiger partial charge in [-0.3, -0.25) is 5.32 Å². The van der Waals surface area contributed by atoms with E-state index in [1.165, 1.54) is 0 Å². The summed E-state index contributed by atoms with van der Waals surface area (Å²) in [6.45, 7) is 4.36. The summed E-state index contributed by atoms with van der Waals surface area (Å²) in [5.41, 5.74) is 1.70. The number of hydrogen-bond donors (Lipinski definition) is 1. The van der Waals surface area contributed by atoms with Crippen LogP contribution in [0.2, 0.25) is 0 Å². The standard InChI is InChI=1S/C19H20N2/c1-2-13-21-19(16-20,14-17-9-5-3-6-10-17)15-18-11-7-4-8-12-18/h2-12,21H,1,13-15H2. The Balaban J connectivity index is 2.24. The van der Waals surface area contributed by atoms with Gasteiger partial charge in [-0.05, 0) is 11.1 Å². The fraction of sp³-hybridized carbons (Fsp3) is 0.211. The molecule has 0 unspecified atom stereocenters. The predicted molar refractivity (Wildman–Crippen MR) is 86.8 cm³/mol. The highest BCUT2D eigenvalue weighted by Crippen LogP contribution is 2.19. The Hall–Kier alpha value is -2.37. The average molecular weight is 276 g/mol. The number of rotatable bonds is 7. The second-order valence-corrected chi connectivity index (χ2v) is 5.19. The lowest BCUT2D eigenvalue weighted by Gasteiger charge is -2.28. The lowest BCUT2D eigenvalue weighted by atomic mass is 9.85. The van der Waals surface area contributed by atoms with E-state index >= 15 is 0 Å². The molecule has 0 bridgehead atoms. The van der Waals surface area contributed by atoms with Crippen LogP contribution in [-0.4, -0.2) is 12.1 Å². The van der Waals surface area contributed by atoms with Crippen molar-refractivity contribution in [2.24, 2.45) is 0 Å². The van der Waals surface area contributed by atoms with Crippen molar-refractivity contribution in [3.05, 3.63) is 84.4 Å². The molecule has 0 aliphatic rings. The third kappa shape index (κ3) is 4.30. The quantitative estimate of drug-likeness (QED) is 0.786. The van der Waals surface area contributed by atoms with E-state index in [1.807, 2.05) is 36.4 Å². The van der Waals surface area contributed by atoms with Crippen LogP contribution >= 0.6 is 0 Å². The van der Waals surface area contributed by atoms with Gasteiger partial charge in [0, 0.05) is 19.4 Å². The summed E-state index contributed by atoms with van der Waals surface area (Å²) in [5.74, 6) is 0. The van der Waals surface area contributed by atoms with Gasteiger partial charge in [0.05, 0.1) is 6.07 Å². The van der Waals surface area contributed by atoms with Crippen molar-refractivity contribution in [3.8, 4) is 6.07 Å². The second kappa shape index (κ2) is 7.42. The first-order valence-corrected chi connectivity index (χ1v) is 7.13. The topological polar surface area (TPSA) is 35.8 Å². The summed E-state index contributed by atoms with van der Waals surface area (Å²) in [7, 11) is 0. The van der Waals surface area contributed by atoms with Crippen LogP contribution in [-0.2, 0) is 12.8 Å². The minimum absolute atomic E-state index is 0.614. The van der Waals surface area contributed by atoms with Crippen LogP contribution in [0.1, 0.15) is 11.1 Å². The van der Waals surface area contributed by atoms with E-state index in [0.717, 1.165) is 11.1 Å². The third-order valence-corrected chi connectivity index (χ3v) is 3.50. The Labute approximate surface area is 126 Å². The van der Waals surface area contributed by atoms with Gasteiger partial charge in [0.15, 0.2) is 0 Å². The summed E-state index contributed by atoms with van der Waals surface area (Å²) in [5, 5.41) is 13.1. The highest BCUT2D eigenvalue weighted by Gasteiger charge is 2.29. The van der Waals surface area contributed by atoms with Crippen molar-refractivity contribution in [1.29, 1.82) is 5.26 Å². The maximum absolute atomic E-state index is 9.78. The van der Waals surface area contributed by atoms with Crippen LogP contribution in [0.15, 0.2) is 73.3 Å². The Morgan fingerprint density at radius 2 is 1.43 bits per heavy atom. The minimum Gasteiger partial charge on any atom is -0.295 e. The summed E-state index contributed by atoms with van der Waals surface area (Å²) in [6, 6.07) is 22.8. The normalized spacial score (nSPS) is 10.8. The molecular weight excluding hydrogens is 256 g/mol. The van der Waals surface area contributed by atoms with E-state index in [9.17, 15) is 5.26 Å². The fourth-order valence-electron chi connectivity index (χ4n) is 2.46. The molecule has 21 heavy (non-hydrogen) atoms. The van der Waals surface area contributed by atoms with E-state index < -0.39 is 5.54 Å². The number of benzene rings is 2. The fourth-order valence-corrected chi connectivity index (χ4v) is 2.46. The van der Waals surface area contributed by atoms with E-state index in [-0.39, 0.29) is 0 Å². The number of nitrogens with one attached hydrogen (secondary N) is 1. The lowest BCUT2D eigenvalue weighted by Crippen LogP contribution is -2.48. The Morgan fingerprint density at radius 3 is 1.81 bits per heavy atom. The van der Waals surface area contributed by atoms with Crippen LogP contribution in [0.25, 0.3) is 0 Å². The molecule has 2 nitrogen and oxygen atoms in total. The van der Waals surface area contributed by atoms with Crippen molar-refractivity contribution in [3.63, 3.8) is 0 Å². The smallest absolute Gasteiger partial charge is 0.115 e. The number of nitriles is 1. The van der Waals surface area contributed by atoms with Gasteiger partial charge in [0.2, 0.25) is 0 Å². The van der Waals surface area contributed by atoms with E-state index in [4.69, 9.17) is 0 Å². The highest BCUT2D eigenvalue weighted by molar-refractivity contribution is 5.27. The average Bonchev–Trinajstić information content (AvgIpc) is 2.54. The number of nitrogens with zero attached hydrogens (tertiary/aromatic N) is 1. The zero-order valence-electron chi connectivity index (χ0n) is 12.1. The molecule has 0 saturated carbocycles. The Morgan fingerprint density at radius 1 is 0.952 bits per heavy atom. The maximum Gasteiger partial charge on any atom is 0.115 e. The highest BCUT2D eigenvalue weighted by atomic mass is 15.0. The SMILES string of the molecule is C=CCNC(C#N)(Cc1ccccc1)Cc1ccccc1. The summed E-state index contributed by atoms with van der Waals surface area (Å²) >= 11 is 0. The molecule has 0 heterocycles. The first-order valence-electron chi connectivity index (χ1n) is 7.13. The van der Waals surface area contributed by atoms with Gasteiger partial charge >= 0.3 is 0 Å². The van der Waals surface area contributed by atoms with Crippen molar-refractivity contribution in [2.75, 3.05) is 6.54 Å². The van der Waals surface area contributed by atoms with Gasteiger partial charge < -0.3 is 0 Å². The van der Waals surface area contributed by atoms with Crippen LogP contribution in [0.5, 0.6) is 0 Å². The monoisotopic (exact) mass is 276 g/mol. The van der Waals surface area contributed by atoms with Gasteiger partial charge in [-0.15, -0.1) is 6.58 Å². The first kappa shape index (κ1) is 15.0. The Kier molecular flexibility index (Phi) is 5.31. The zero-order chi connectivity index (χ0) is 15.0. The van der Waals surface area contributed by atoms with Crippen LogP contribution in [0, 0.1) is 11.3 Å². The Bertz CT molecular complexity index is 555. The van der Waals surface area contributed by atoms with Crippen LogP contribution in [0.3, 0.4) is 0 Å². The molecule has 0 aromatic heterocycles. The van der Waals surface area contributed by atoms with Crippen LogP contribution in [0.4, 0.5) is 0 Å². The van der Waals surface area contributed by atoms with Gasteiger partial charge in [-0.1, -0.05) is 66.7 Å². The largest absolute Gasteiger partial charge is 0.295 e. The predicted octanol–water partition coefficient (Wildman–Crippen LogP) is 3.51. The molecule has 0 spiro atoms. The molecular formula is C19H20N2. The van der Waals surface area contributed by atoms with E-state index in [2.05, 4.69) is 42.2 Å². The molecule has 0 amide bonds.